The van der Waals surface area contributed by atoms with Crippen LogP contribution in [0.15, 0.2) is 0 Å². The first-order valence-electron chi connectivity index (χ1n) is 7.38. The Hall–Kier alpha value is -0.220. The van der Waals surface area contributed by atoms with Gasteiger partial charge in [-0.3, -0.25) is 4.79 Å². The molecule has 0 bridgehead atoms. The van der Waals surface area contributed by atoms with Crippen molar-refractivity contribution in [3.63, 3.8) is 0 Å². The summed E-state index contributed by atoms with van der Waals surface area (Å²) in [7, 11) is 0. The third-order valence-corrected chi connectivity index (χ3v) is 5.06. The molecule has 1 saturated heterocycles. The lowest BCUT2D eigenvalue weighted by molar-refractivity contribution is -0.118. The number of hydrogen-bond acceptors (Lipinski definition) is 3. The van der Waals surface area contributed by atoms with Crippen LogP contribution in [0, 0.1) is 5.92 Å². The van der Waals surface area contributed by atoms with Gasteiger partial charge in [0.25, 0.3) is 0 Å². The molecule has 1 amide bonds. The van der Waals surface area contributed by atoms with Crippen molar-refractivity contribution in [3.05, 3.63) is 0 Å². The summed E-state index contributed by atoms with van der Waals surface area (Å²) in [6.07, 6.45) is 6.88. The van der Waals surface area contributed by atoms with Crippen LogP contribution < -0.4 is 5.32 Å². The molecule has 1 atom stereocenters. The van der Waals surface area contributed by atoms with Gasteiger partial charge in [-0.1, -0.05) is 19.8 Å². The van der Waals surface area contributed by atoms with E-state index in [-0.39, 0.29) is 5.91 Å². The van der Waals surface area contributed by atoms with Crippen LogP contribution in [0.4, 0.5) is 0 Å². The molecule has 3 nitrogen and oxygen atoms in total. The molecule has 0 radical (unpaired) electrons. The molecule has 2 rings (SSSR count). The van der Waals surface area contributed by atoms with Gasteiger partial charge in [-0.25, -0.2) is 0 Å². The van der Waals surface area contributed by atoms with E-state index < -0.39 is 0 Å². The molecule has 0 aromatic carbocycles. The van der Waals surface area contributed by atoms with Crippen LogP contribution in [0.25, 0.3) is 0 Å². The lowest BCUT2D eigenvalue weighted by Gasteiger charge is -2.23. The van der Waals surface area contributed by atoms with E-state index in [9.17, 15) is 4.79 Å². The number of hydrogen-bond donors (Lipinski definition) is 1. The molecule has 1 saturated carbocycles. The van der Waals surface area contributed by atoms with Crippen LogP contribution in [-0.2, 0) is 4.79 Å². The van der Waals surface area contributed by atoms with Gasteiger partial charge in [0.1, 0.15) is 0 Å². The molecule has 4 heteroatoms. The molecule has 1 unspecified atom stereocenters. The van der Waals surface area contributed by atoms with Crippen molar-refractivity contribution >= 4 is 17.7 Å². The third-order valence-electron chi connectivity index (χ3n) is 4.18. The largest absolute Gasteiger partial charge is 0.355 e. The molecule has 2 fully saturated rings. The summed E-state index contributed by atoms with van der Waals surface area (Å²) in [5, 5.41) is 3.08. The number of carbonyl (C=O) groups excluding carboxylic acids is 1. The average Bonchev–Trinajstić information content (AvgIpc) is 3.03. The quantitative estimate of drug-likeness (QED) is 0.802. The fourth-order valence-electron chi connectivity index (χ4n) is 3.13. The Labute approximate surface area is 115 Å². The molecule has 0 aromatic heterocycles. The van der Waals surface area contributed by atoms with Gasteiger partial charge in [0.05, 0.1) is 5.75 Å². The summed E-state index contributed by atoms with van der Waals surface area (Å²) >= 11 is 1.70. The Bertz CT molecular complexity index is 267. The van der Waals surface area contributed by atoms with Crippen molar-refractivity contribution in [3.8, 4) is 0 Å². The van der Waals surface area contributed by atoms with Crippen LogP contribution in [0.3, 0.4) is 0 Å². The summed E-state index contributed by atoms with van der Waals surface area (Å²) in [5.41, 5.74) is 0. The van der Waals surface area contributed by atoms with E-state index in [1.54, 1.807) is 11.8 Å². The second-order valence-electron chi connectivity index (χ2n) is 5.53. The smallest absolute Gasteiger partial charge is 0.230 e. The number of carbonyl (C=O) groups is 1. The molecule has 1 heterocycles. The zero-order valence-electron chi connectivity index (χ0n) is 11.5. The molecular formula is C14H26N2OS. The highest BCUT2D eigenvalue weighted by Crippen LogP contribution is 2.28. The summed E-state index contributed by atoms with van der Waals surface area (Å²) < 4.78 is 0. The minimum atomic E-state index is 0.209. The van der Waals surface area contributed by atoms with E-state index in [1.807, 2.05) is 0 Å². The predicted molar refractivity (Wildman–Crippen MR) is 77.9 cm³/mol. The highest BCUT2D eigenvalue weighted by molar-refractivity contribution is 7.99. The summed E-state index contributed by atoms with van der Waals surface area (Å²) in [6.45, 7) is 5.42. The second-order valence-corrected chi connectivity index (χ2v) is 6.80. The maximum Gasteiger partial charge on any atom is 0.230 e. The fraction of sp³-hybridized carbons (Fsp3) is 0.929. The number of nitrogens with zero attached hydrogens (tertiary/aromatic N) is 1. The average molecular weight is 270 g/mol. The van der Waals surface area contributed by atoms with Crippen molar-refractivity contribution in [1.82, 2.24) is 10.2 Å². The molecule has 1 N–H and O–H groups in total. The van der Waals surface area contributed by atoms with Crippen molar-refractivity contribution in [2.24, 2.45) is 5.92 Å². The highest BCUT2D eigenvalue weighted by atomic mass is 32.2. The topological polar surface area (TPSA) is 32.3 Å². The maximum absolute atomic E-state index is 11.6. The first kappa shape index (κ1) is 14.2. The monoisotopic (exact) mass is 270 g/mol. The number of likely N-dealkylation sites (tertiary alicyclic amines) is 1. The first-order valence-corrected chi connectivity index (χ1v) is 8.53. The molecular weight excluding hydrogens is 244 g/mol. The zero-order chi connectivity index (χ0) is 12.8. The SMILES string of the molecule is CCSCC(=O)NCC1CCN(C2CCCC2)C1. The minimum absolute atomic E-state index is 0.209. The molecule has 104 valence electrons. The van der Waals surface area contributed by atoms with Crippen molar-refractivity contribution < 1.29 is 4.79 Å². The predicted octanol–water partition coefficient (Wildman–Crippen LogP) is 2.12. The van der Waals surface area contributed by atoms with E-state index in [1.165, 1.54) is 45.2 Å². The summed E-state index contributed by atoms with van der Waals surface area (Å²) in [4.78, 5) is 14.2. The Kier molecular flexibility index (Phi) is 5.83. The van der Waals surface area contributed by atoms with E-state index in [2.05, 4.69) is 17.1 Å². The van der Waals surface area contributed by atoms with Crippen LogP contribution in [-0.4, -0.2) is 48.0 Å². The van der Waals surface area contributed by atoms with Gasteiger partial charge in [0.15, 0.2) is 0 Å². The van der Waals surface area contributed by atoms with Gasteiger partial charge in [-0.2, -0.15) is 11.8 Å². The van der Waals surface area contributed by atoms with Crippen LogP contribution >= 0.6 is 11.8 Å². The Balaban J connectivity index is 1.61. The van der Waals surface area contributed by atoms with Crippen LogP contribution in [0.1, 0.15) is 39.0 Å². The number of nitrogens with one attached hydrogen (secondary N) is 1. The molecule has 0 spiro atoms. The van der Waals surface area contributed by atoms with Gasteiger partial charge in [0.2, 0.25) is 5.91 Å². The van der Waals surface area contributed by atoms with Gasteiger partial charge in [0, 0.05) is 19.1 Å². The standard InChI is InChI=1S/C14H26N2OS/c1-2-18-11-14(17)15-9-12-7-8-16(10-12)13-5-3-4-6-13/h12-13H,2-11H2,1H3,(H,15,17). The molecule has 0 aromatic rings. The lowest BCUT2D eigenvalue weighted by atomic mass is 10.1. The molecule has 2 aliphatic rings. The zero-order valence-corrected chi connectivity index (χ0v) is 12.3. The normalized spacial score (nSPS) is 25.7. The van der Waals surface area contributed by atoms with E-state index in [0.717, 1.165) is 18.3 Å². The van der Waals surface area contributed by atoms with Gasteiger partial charge < -0.3 is 10.2 Å². The molecule has 18 heavy (non-hydrogen) atoms. The molecule has 1 aliphatic heterocycles. The van der Waals surface area contributed by atoms with Gasteiger partial charge in [-0.05, 0) is 37.5 Å². The van der Waals surface area contributed by atoms with Crippen molar-refractivity contribution in [2.75, 3.05) is 31.1 Å². The summed E-state index contributed by atoms with van der Waals surface area (Å²) in [5.74, 6) is 2.53. The van der Waals surface area contributed by atoms with Gasteiger partial charge >= 0.3 is 0 Å². The van der Waals surface area contributed by atoms with Crippen molar-refractivity contribution in [2.45, 2.75) is 45.1 Å². The number of thioether (sulfide) groups is 1. The van der Waals surface area contributed by atoms with Crippen molar-refractivity contribution in [1.29, 1.82) is 0 Å². The highest BCUT2D eigenvalue weighted by Gasteiger charge is 2.29. The van der Waals surface area contributed by atoms with E-state index >= 15 is 0 Å². The minimum Gasteiger partial charge on any atom is -0.355 e. The fourth-order valence-corrected chi connectivity index (χ4v) is 3.63. The maximum atomic E-state index is 11.6. The third kappa shape index (κ3) is 4.16. The Morgan fingerprint density at radius 3 is 2.83 bits per heavy atom. The van der Waals surface area contributed by atoms with Gasteiger partial charge in [-0.15, -0.1) is 0 Å². The molecule has 1 aliphatic carbocycles. The second kappa shape index (κ2) is 7.39. The first-order chi connectivity index (χ1) is 8.79. The number of rotatable bonds is 6. The Morgan fingerprint density at radius 1 is 1.33 bits per heavy atom. The summed E-state index contributed by atoms with van der Waals surface area (Å²) in [6, 6.07) is 0.848. The van der Waals surface area contributed by atoms with Crippen LogP contribution in [0.2, 0.25) is 0 Å². The Morgan fingerprint density at radius 2 is 2.11 bits per heavy atom. The van der Waals surface area contributed by atoms with E-state index in [4.69, 9.17) is 0 Å². The van der Waals surface area contributed by atoms with E-state index in [0.29, 0.717) is 11.7 Å². The number of amides is 1. The van der Waals surface area contributed by atoms with Crippen LogP contribution in [0.5, 0.6) is 0 Å². The lowest BCUT2D eigenvalue weighted by Crippen LogP contribution is -2.34.